The Morgan fingerprint density at radius 2 is 1.89 bits per heavy atom. The van der Waals surface area contributed by atoms with Crippen LogP contribution in [-0.4, -0.2) is 59.9 Å². The second kappa shape index (κ2) is 13.6. The Morgan fingerprint density at radius 1 is 1.11 bits per heavy atom. The lowest BCUT2D eigenvalue weighted by Gasteiger charge is -2.44. The summed E-state index contributed by atoms with van der Waals surface area (Å²) in [5.41, 5.74) is 3.81. The molecule has 0 aromatic heterocycles. The summed E-state index contributed by atoms with van der Waals surface area (Å²) in [6.07, 6.45) is 8.40. The molecule has 0 radical (unpaired) electrons. The molecule has 38 heavy (non-hydrogen) atoms. The number of amides is 2. The topological polar surface area (TPSA) is 61.9 Å². The van der Waals surface area contributed by atoms with E-state index in [4.69, 9.17) is 4.74 Å². The maximum absolute atomic E-state index is 13.6. The van der Waals surface area contributed by atoms with Crippen molar-refractivity contribution < 1.29 is 14.3 Å². The highest BCUT2D eigenvalue weighted by atomic mass is 16.5. The number of morpholine rings is 1. The number of nitrogens with one attached hydrogen (secondary N) is 1. The van der Waals surface area contributed by atoms with Crippen molar-refractivity contribution in [1.82, 2.24) is 15.1 Å². The smallest absolute Gasteiger partial charge is 0.289 e. The molecule has 204 valence electrons. The van der Waals surface area contributed by atoms with Crippen LogP contribution in [0.2, 0.25) is 0 Å². The van der Waals surface area contributed by atoms with E-state index < -0.39 is 0 Å². The molecule has 6 nitrogen and oxygen atoms in total. The van der Waals surface area contributed by atoms with E-state index in [9.17, 15) is 9.59 Å². The molecule has 1 N–H and O–H groups in total. The van der Waals surface area contributed by atoms with Gasteiger partial charge in [-0.05, 0) is 75.0 Å². The number of carbonyl (C=O) groups excluding carboxylic acids is 2. The first-order valence-corrected chi connectivity index (χ1v) is 14.3. The third kappa shape index (κ3) is 7.25. The van der Waals surface area contributed by atoms with Gasteiger partial charge in [0.15, 0.2) is 5.76 Å². The van der Waals surface area contributed by atoms with Gasteiger partial charge in [0.05, 0.1) is 6.04 Å². The molecule has 0 spiro atoms. The molecule has 2 aliphatic rings. The molecule has 1 saturated heterocycles. The number of rotatable bonds is 11. The summed E-state index contributed by atoms with van der Waals surface area (Å²) in [5, 5.41) is 3.03. The molecule has 0 bridgehead atoms. The second-order valence-electron chi connectivity index (χ2n) is 10.6. The van der Waals surface area contributed by atoms with Crippen molar-refractivity contribution in [3.05, 3.63) is 76.5 Å². The van der Waals surface area contributed by atoms with Gasteiger partial charge in [0.1, 0.15) is 6.10 Å². The molecule has 2 atom stereocenters. The van der Waals surface area contributed by atoms with E-state index in [1.54, 1.807) is 0 Å². The van der Waals surface area contributed by atoms with Crippen LogP contribution in [0.5, 0.6) is 0 Å². The summed E-state index contributed by atoms with van der Waals surface area (Å²) in [6.45, 7) is 10.6. The number of ether oxygens (including phenoxy) is 1. The van der Waals surface area contributed by atoms with E-state index in [1.165, 1.54) is 18.4 Å². The fourth-order valence-corrected chi connectivity index (χ4v) is 5.49. The number of carbonyl (C=O) groups is 2. The minimum absolute atomic E-state index is 0.0302. The van der Waals surface area contributed by atoms with Crippen molar-refractivity contribution in [3.63, 3.8) is 0 Å². The number of nitrogens with zero attached hydrogens (tertiary/aromatic N) is 2. The zero-order valence-corrected chi connectivity index (χ0v) is 23.2. The number of likely N-dealkylation sites (N-methyl/N-ethyl adjacent to an activating group) is 1. The van der Waals surface area contributed by atoms with Gasteiger partial charge in [-0.1, -0.05) is 68.7 Å². The van der Waals surface area contributed by atoms with Crippen molar-refractivity contribution >= 4 is 17.9 Å². The SMILES string of the molecule is CCCCN(CC)CCNC(=O)c1ccc(/C=C2/OC3CCCCC3N(Cc3cccc(C)c3)C2=O)cc1. The highest BCUT2D eigenvalue weighted by molar-refractivity contribution is 5.97. The van der Waals surface area contributed by atoms with Crippen LogP contribution < -0.4 is 5.32 Å². The number of benzene rings is 2. The Hall–Kier alpha value is -3.12. The largest absolute Gasteiger partial charge is 0.482 e. The average molecular weight is 518 g/mol. The Bertz CT molecular complexity index is 1110. The molecule has 1 aliphatic carbocycles. The van der Waals surface area contributed by atoms with Crippen molar-refractivity contribution in [2.45, 2.75) is 78.0 Å². The van der Waals surface area contributed by atoms with Gasteiger partial charge in [0.25, 0.3) is 11.8 Å². The summed E-state index contributed by atoms with van der Waals surface area (Å²) < 4.78 is 6.28. The van der Waals surface area contributed by atoms with E-state index in [2.05, 4.69) is 55.3 Å². The van der Waals surface area contributed by atoms with Crippen LogP contribution in [0, 0.1) is 6.92 Å². The minimum Gasteiger partial charge on any atom is -0.482 e. The zero-order valence-electron chi connectivity index (χ0n) is 23.2. The third-order valence-corrected chi connectivity index (χ3v) is 7.71. The van der Waals surface area contributed by atoms with Crippen LogP contribution in [0.1, 0.15) is 79.4 Å². The highest BCUT2D eigenvalue weighted by Gasteiger charge is 2.41. The molecule has 2 amide bonds. The quantitative estimate of drug-likeness (QED) is 0.397. The van der Waals surface area contributed by atoms with E-state index in [0.29, 0.717) is 24.4 Å². The summed E-state index contributed by atoms with van der Waals surface area (Å²) in [6, 6.07) is 15.9. The first kappa shape index (κ1) is 27.9. The van der Waals surface area contributed by atoms with E-state index in [1.807, 2.05) is 35.2 Å². The molecule has 1 saturated carbocycles. The van der Waals surface area contributed by atoms with Gasteiger partial charge in [0, 0.05) is 25.2 Å². The van der Waals surface area contributed by atoms with Crippen LogP contribution in [0.3, 0.4) is 0 Å². The van der Waals surface area contributed by atoms with E-state index in [0.717, 1.165) is 56.4 Å². The predicted octanol–water partition coefficient (Wildman–Crippen LogP) is 5.56. The lowest BCUT2D eigenvalue weighted by molar-refractivity contribution is -0.149. The molecule has 2 fully saturated rings. The fraction of sp³-hybridized carbons (Fsp3) is 0.500. The van der Waals surface area contributed by atoms with Crippen LogP contribution in [0.25, 0.3) is 6.08 Å². The molecule has 1 aliphatic heterocycles. The number of fused-ring (bicyclic) bond motifs is 1. The van der Waals surface area contributed by atoms with Crippen LogP contribution >= 0.6 is 0 Å². The summed E-state index contributed by atoms with van der Waals surface area (Å²) in [5.74, 6) is 0.264. The fourth-order valence-electron chi connectivity index (χ4n) is 5.49. The normalized spacial score (nSPS) is 20.4. The Balaban J connectivity index is 1.41. The molecular weight excluding hydrogens is 474 g/mol. The van der Waals surface area contributed by atoms with Gasteiger partial charge >= 0.3 is 0 Å². The molecule has 1 heterocycles. The molecule has 2 unspecified atom stereocenters. The van der Waals surface area contributed by atoms with Crippen molar-refractivity contribution in [2.24, 2.45) is 0 Å². The third-order valence-electron chi connectivity index (χ3n) is 7.71. The van der Waals surface area contributed by atoms with Crippen LogP contribution in [0.4, 0.5) is 0 Å². The maximum Gasteiger partial charge on any atom is 0.289 e. The lowest BCUT2D eigenvalue weighted by Crippen LogP contribution is -2.54. The van der Waals surface area contributed by atoms with E-state index in [-0.39, 0.29) is 24.0 Å². The standard InChI is InChI=1S/C32H43N3O3/c1-4-6-19-34(5-2)20-18-33-31(36)27-16-14-25(15-17-27)22-30-32(37)35(23-26-11-9-10-24(3)21-26)28-12-7-8-13-29(28)38-30/h9-11,14-17,21-22,28-29H,4-8,12-13,18-20,23H2,1-3H3,(H,33,36)/b30-22+. The molecule has 2 aromatic carbocycles. The Labute approximate surface area is 228 Å². The number of hydrogen-bond donors (Lipinski definition) is 1. The van der Waals surface area contributed by atoms with Crippen molar-refractivity contribution in [2.75, 3.05) is 26.2 Å². The van der Waals surface area contributed by atoms with Gasteiger partial charge in [-0.2, -0.15) is 0 Å². The van der Waals surface area contributed by atoms with Crippen LogP contribution in [0.15, 0.2) is 54.3 Å². The highest BCUT2D eigenvalue weighted by Crippen LogP contribution is 2.34. The second-order valence-corrected chi connectivity index (χ2v) is 10.6. The summed E-state index contributed by atoms with van der Waals surface area (Å²) in [4.78, 5) is 30.6. The number of unbranched alkanes of at least 4 members (excludes halogenated alkanes) is 1. The Kier molecular flexibility index (Phi) is 9.99. The molecule has 4 rings (SSSR count). The Morgan fingerprint density at radius 3 is 2.63 bits per heavy atom. The van der Waals surface area contributed by atoms with Crippen molar-refractivity contribution in [1.29, 1.82) is 0 Å². The number of hydrogen-bond acceptors (Lipinski definition) is 4. The molecule has 2 aromatic rings. The van der Waals surface area contributed by atoms with Gasteiger partial charge in [-0.3, -0.25) is 9.59 Å². The molecular formula is C32H43N3O3. The first-order chi connectivity index (χ1) is 18.5. The monoisotopic (exact) mass is 517 g/mol. The van der Waals surface area contributed by atoms with E-state index >= 15 is 0 Å². The van der Waals surface area contributed by atoms with Gasteiger partial charge < -0.3 is 19.9 Å². The maximum atomic E-state index is 13.6. The summed E-state index contributed by atoms with van der Waals surface area (Å²) >= 11 is 0. The predicted molar refractivity (Wildman–Crippen MR) is 153 cm³/mol. The number of aryl methyl sites for hydroxylation is 1. The van der Waals surface area contributed by atoms with Crippen LogP contribution in [-0.2, 0) is 16.1 Å². The lowest BCUT2D eigenvalue weighted by atomic mass is 9.89. The van der Waals surface area contributed by atoms with Gasteiger partial charge in [-0.15, -0.1) is 0 Å². The summed E-state index contributed by atoms with van der Waals surface area (Å²) in [7, 11) is 0. The minimum atomic E-state index is -0.0740. The average Bonchev–Trinajstić information content (AvgIpc) is 2.93. The van der Waals surface area contributed by atoms with Gasteiger partial charge in [-0.25, -0.2) is 0 Å². The zero-order chi connectivity index (χ0) is 26.9. The molecule has 6 heteroatoms. The van der Waals surface area contributed by atoms with Crippen molar-refractivity contribution in [3.8, 4) is 0 Å². The van der Waals surface area contributed by atoms with Gasteiger partial charge in [0.2, 0.25) is 0 Å². The first-order valence-electron chi connectivity index (χ1n) is 14.3.